The fourth-order valence-corrected chi connectivity index (χ4v) is 5.28. The molecule has 0 saturated carbocycles. The van der Waals surface area contributed by atoms with E-state index in [0.717, 1.165) is 49.3 Å². The number of aryl methyl sites for hydroxylation is 2. The van der Waals surface area contributed by atoms with Gasteiger partial charge in [-0.2, -0.15) is 0 Å². The number of carbonyl (C=O) groups excluding carboxylic acids is 1. The Labute approximate surface area is 201 Å². The zero-order valence-electron chi connectivity index (χ0n) is 19.5. The molecule has 0 spiro atoms. The summed E-state index contributed by atoms with van der Waals surface area (Å²) in [6.45, 7) is 6.20. The van der Waals surface area contributed by atoms with Gasteiger partial charge < -0.3 is 5.32 Å². The molecule has 1 aliphatic heterocycles. The van der Waals surface area contributed by atoms with Gasteiger partial charge in [-0.15, -0.1) is 0 Å². The number of benzene rings is 2. The number of hydrogen-bond acceptors (Lipinski definition) is 5. The minimum Gasteiger partial charge on any atom is -0.349 e. The summed E-state index contributed by atoms with van der Waals surface area (Å²) in [4.78, 5) is 19.8. The second kappa shape index (κ2) is 10.4. The maximum Gasteiger partial charge on any atom is 0.261 e. The molecule has 2 aromatic carbocycles. The van der Waals surface area contributed by atoms with E-state index in [9.17, 15) is 13.2 Å². The minimum atomic E-state index is -3.82. The number of sulfonamides is 1. The van der Waals surface area contributed by atoms with Gasteiger partial charge in [0.2, 0.25) is 0 Å². The van der Waals surface area contributed by atoms with Gasteiger partial charge in [-0.05, 0) is 68.1 Å². The first-order valence-electron chi connectivity index (χ1n) is 11.4. The molecule has 4 rings (SSSR count). The molecule has 1 amide bonds. The van der Waals surface area contributed by atoms with E-state index in [1.807, 2.05) is 44.2 Å². The molecule has 178 valence electrons. The molecule has 3 aromatic rings. The number of pyridine rings is 1. The highest BCUT2D eigenvalue weighted by Gasteiger charge is 2.23. The van der Waals surface area contributed by atoms with E-state index in [1.54, 1.807) is 24.4 Å². The summed E-state index contributed by atoms with van der Waals surface area (Å²) < 4.78 is 28.5. The zero-order valence-corrected chi connectivity index (χ0v) is 20.3. The molecular weight excluding hydrogens is 448 g/mol. The maximum absolute atomic E-state index is 13.0. The number of hydrogen-bond donors (Lipinski definition) is 2. The van der Waals surface area contributed by atoms with Gasteiger partial charge in [0.05, 0.1) is 16.3 Å². The van der Waals surface area contributed by atoms with E-state index >= 15 is 0 Å². The van der Waals surface area contributed by atoms with Crippen molar-refractivity contribution in [2.24, 2.45) is 0 Å². The molecule has 0 radical (unpaired) electrons. The summed E-state index contributed by atoms with van der Waals surface area (Å²) in [6.07, 6.45) is 3.48. The van der Waals surface area contributed by atoms with Crippen LogP contribution < -0.4 is 10.0 Å². The third-order valence-electron chi connectivity index (χ3n) is 6.19. The Bertz CT molecular complexity index is 1250. The highest BCUT2D eigenvalue weighted by atomic mass is 32.2. The molecule has 34 heavy (non-hydrogen) atoms. The van der Waals surface area contributed by atoms with Crippen molar-refractivity contribution in [3.8, 4) is 0 Å². The number of amides is 1. The topological polar surface area (TPSA) is 91.4 Å². The highest BCUT2D eigenvalue weighted by Crippen LogP contribution is 2.22. The van der Waals surface area contributed by atoms with Gasteiger partial charge in [0.1, 0.15) is 0 Å². The fraction of sp³-hybridized carbons (Fsp3) is 0.308. The maximum atomic E-state index is 13.0. The first kappa shape index (κ1) is 23.9. The van der Waals surface area contributed by atoms with Crippen molar-refractivity contribution in [2.45, 2.75) is 44.2 Å². The monoisotopic (exact) mass is 478 g/mol. The second-order valence-electron chi connectivity index (χ2n) is 8.74. The Hall–Kier alpha value is -3.23. The van der Waals surface area contributed by atoms with Crippen LogP contribution in [0, 0.1) is 13.8 Å². The second-order valence-corrected chi connectivity index (χ2v) is 10.4. The van der Waals surface area contributed by atoms with Gasteiger partial charge >= 0.3 is 0 Å². The largest absolute Gasteiger partial charge is 0.349 e. The number of rotatable bonds is 7. The minimum absolute atomic E-state index is 0.0530. The molecule has 0 atom stereocenters. The molecule has 1 aromatic heterocycles. The lowest BCUT2D eigenvalue weighted by atomic mass is 10.0. The Balaban J connectivity index is 1.40. The molecule has 7 nitrogen and oxygen atoms in total. The van der Waals surface area contributed by atoms with Crippen molar-refractivity contribution in [3.63, 3.8) is 0 Å². The molecular formula is C26H30N4O3S. The lowest BCUT2D eigenvalue weighted by Gasteiger charge is -2.32. The van der Waals surface area contributed by atoms with Crippen molar-refractivity contribution < 1.29 is 13.2 Å². The van der Waals surface area contributed by atoms with Crippen LogP contribution in [0.25, 0.3) is 0 Å². The lowest BCUT2D eigenvalue weighted by molar-refractivity contribution is 0.0907. The number of anilines is 1. The number of nitrogens with one attached hydrogen (secondary N) is 2. The molecule has 2 heterocycles. The third-order valence-corrected chi connectivity index (χ3v) is 7.55. The van der Waals surface area contributed by atoms with Crippen LogP contribution in [0.2, 0.25) is 0 Å². The van der Waals surface area contributed by atoms with E-state index in [1.165, 1.54) is 12.1 Å². The molecule has 2 N–H and O–H groups in total. The molecule has 1 fully saturated rings. The number of likely N-dealkylation sites (tertiary alicyclic amines) is 1. The SMILES string of the molecule is Cc1ccccc1NS(=O)(=O)c1ccc(C)c(C(=O)NC2CCN(Cc3ccccn3)CC2)c1. The molecule has 0 aliphatic carbocycles. The molecule has 1 aliphatic rings. The van der Waals surface area contributed by atoms with Crippen LogP contribution in [-0.4, -0.2) is 43.3 Å². The highest BCUT2D eigenvalue weighted by molar-refractivity contribution is 7.92. The van der Waals surface area contributed by atoms with E-state index in [-0.39, 0.29) is 16.8 Å². The third kappa shape index (κ3) is 5.81. The van der Waals surface area contributed by atoms with Crippen LogP contribution in [0.15, 0.2) is 71.8 Å². The van der Waals surface area contributed by atoms with Crippen molar-refractivity contribution in [3.05, 3.63) is 89.2 Å². The average Bonchev–Trinajstić information content (AvgIpc) is 2.82. The Morgan fingerprint density at radius 1 is 1.00 bits per heavy atom. The quantitative estimate of drug-likeness (QED) is 0.538. The van der Waals surface area contributed by atoms with E-state index in [4.69, 9.17) is 0 Å². The van der Waals surface area contributed by atoms with Crippen LogP contribution in [0.1, 0.15) is 40.0 Å². The molecule has 0 bridgehead atoms. The zero-order chi connectivity index (χ0) is 24.1. The molecule has 0 unspecified atom stereocenters. The summed E-state index contributed by atoms with van der Waals surface area (Å²) >= 11 is 0. The first-order valence-corrected chi connectivity index (χ1v) is 12.9. The first-order chi connectivity index (χ1) is 16.3. The average molecular weight is 479 g/mol. The van der Waals surface area contributed by atoms with Gasteiger partial charge in [0.25, 0.3) is 15.9 Å². The standard InChI is InChI=1S/C26H30N4O3S/c1-19-10-11-23(34(32,33)29-25-9-4-3-7-20(25)2)17-24(19)26(31)28-21-12-15-30(16-13-21)18-22-8-5-6-14-27-22/h3-11,14,17,21,29H,12-13,15-16,18H2,1-2H3,(H,28,31). The van der Waals surface area contributed by atoms with Crippen molar-refractivity contribution in [1.82, 2.24) is 15.2 Å². The predicted molar refractivity (Wildman–Crippen MR) is 133 cm³/mol. The van der Waals surface area contributed by atoms with Gasteiger partial charge in [-0.25, -0.2) is 8.42 Å². The van der Waals surface area contributed by atoms with Crippen LogP contribution in [0.4, 0.5) is 5.69 Å². The van der Waals surface area contributed by atoms with Crippen LogP contribution in [0.3, 0.4) is 0 Å². The van der Waals surface area contributed by atoms with E-state index in [2.05, 4.69) is 19.9 Å². The van der Waals surface area contributed by atoms with Crippen molar-refractivity contribution in [1.29, 1.82) is 0 Å². The van der Waals surface area contributed by atoms with E-state index in [0.29, 0.717) is 11.3 Å². The van der Waals surface area contributed by atoms with Crippen LogP contribution in [0.5, 0.6) is 0 Å². The lowest BCUT2D eigenvalue weighted by Crippen LogP contribution is -2.44. The summed E-state index contributed by atoms with van der Waals surface area (Å²) in [5.74, 6) is -0.242. The predicted octanol–water partition coefficient (Wildman–Crippen LogP) is 3.89. The van der Waals surface area contributed by atoms with Crippen LogP contribution in [-0.2, 0) is 16.6 Å². The summed E-state index contributed by atoms with van der Waals surface area (Å²) in [5, 5.41) is 3.10. The Morgan fingerprint density at radius 2 is 1.74 bits per heavy atom. The number of piperidine rings is 1. The van der Waals surface area contributed by atoms with Crippen molar-refractivity contribution in [2.75, 3.05) is 17.8 Å². The molecule has 1 saturated heterocycles. The summed E-state index contributed by atoms with van der Waals surface area (Å²) in [7, 11) is -3.82. The number of para-hydroxylation sites is 1. The summed E-state index contributed by atoms with van der Waals surface area (Å²) in [6, 6.07) is 17.8. The Kier molecular flexibility index (Phi) is 7.29. The van der Waals surface area contributed by atoms with Crippen LogP contribution >= 0.6 is 0 Å². The van der Waals surface area contributed by atoms with Crippen molar-refractivity contribution >= 4 is 21.6 Å². The number of nitrogens with zero attached hydrogens (tertiary/aromatic N) is 2. The molecule has 8 heteroatoms. The summed E-state index contributed by atoms with van der Waals surface area (Å²) in [5.41, 5.74) is 3.50. The normalized spacial score (nSPS) is 15.1. The van der Waals surface area contributed by atoms with E-state index < -0.39 is 10.0 Å². The number of carbonyl (C=O) groups is 1. The number of aromatic nitrogens is 1. The smallest absolute Gasteiger partial charge is 0.261 e. The Morgan fingerprint density at radius 3 is 2.44 bits per heavy atom. The van der Waals surface area contributed by atoms with Gasteiger partial charge in [-0.1, -0.05) is 30.3 Å². The van der Waals surface area contributed by atoms with Gasteiger partial charge in [0, 0.05) is 37.4 Å². The fourth-order valence-electron chi connectivity index (χ4n) is 4.12. The van der Waals surface area contributed by atoms with Gasteiger partial charge in [0.15, 0.2) is 0 Å². The van der Waals surface area contributed by atoms with Gasteiger partial charge in [-0.3, -0.25) is 19.4 Å².